The first-order chi connectivity index (χ1) is 11.5. The SMILES string of the molecule is [N-]=[N+]=NCCOc1ccc(C2CN3N=C(S(N)(=O)=O)SC3=N2)cc1. The first-order valence-corrected chi connectivity index (χ1v) is 9.22. The number of sulfonamides is 1. The van der Waals surface area contributed by atoms with Crippen LogP contribution in [0.1, 0.15) is 11.6 Å². The zero-order chi connectivity index (χ0) is 17.2. The smallest absolute Gasteiger partial charge is 0.264 e. The van der Waals surface area contributed by atoms with E-state index in [0.717, 1.165) is 17.3 Å². The average Bonchev–Trinajstić information content (AvgIpc) is 3.10. The highest BCUT2D eigenvalue weighted by Gasteiger charge is 2.36. The van der Waals surface area contributed by atoms with Gasteiger partial charge in [-0.15, -0.1) is 5.10 Å². The van der Waals surface area contributed by atoms with E-state index in [1.54, 1.807) is 17.1 Å². The van der Waals surface area contributed by atoms with Crippen molar-refractivity contribution in [2.45, 2.75) is 6.04 Å². The highest BCUT2D eigenvalue weighted by molar-refractivity contribution is 8.42. The van der Waals surface area contributed by atoms with E-state index < -0.39 is 10.0 Å². The Morgan fingerprint density at radius 1 is 1.46 bits per heavy atom. The highest BCUT2D eigenvalue weighted by Crippen LogP contribution is 2.34. The van der Waals surface area contributed by atoms with Gasteiger partial charge in [-0.05, 0) is 35.0 Å². The molecular weight excluding hydrogens is 354 g/mol. The maximum absolute atomic E-state index is 11.3. The number of benzene rings is 1. The summed E-state index contributed by atoms with van der Waals surface area (Å²) < 4.78 is 27.9. The minimum absolute atomic E-state index is 0.129. The number of primary sulfonamides is 1. The van der Waals surface area contributed by atoms with Gasteiger partial charge in [0.1, 0.15) is 5.75 Å². The van der Waals surface area contributed by atoms with Crippen molar-refractivity contribution in [1.29, 1.82) is 0 Å². The fraction of sp³-hybridized carbons (Fsp3) is 0.333. The van der Waals surface area contributed by atoms with Gasteiger partial charge in [-0.25, -0.2) is 18.6 Å². The van der Waals surface area contributed by atoms with Crippen LogP contribution < -0.4 is 9.88 Å². The number of hydrazone groups is 1. The molecule has 2 aliphatic heterocycles. The maximum Gasteiger partial charge on any atom is 0.264 e. The summed E-state index contributed by atoms with van der Waals surface area (Å²) in [6.45, 7) is 1.04. The lowest BCUT2D eigenvalue weighted by Gasteiger charge is -2.11. The fourth-order valence-corrected chi connectivity index (χ4v) is 3.77. The second-order valence-electron chi connectivity index (χ2n) is 4.89. The van der Waals surface area contributed by atoms with Gasteiger partial charge in [-0.2, -0.15) is 0 Å². The number of aliphatic imine (C=N–C) groups is 1. The van der Waals surface area contributed by atoms with Gasteiger partial charge >= 0.3 is 0 Å². The number of nitrogens with zero attached hydrogens (tertiary/aromatic N) is 6. The Morgan fingerprint density at radius 2 is 2.21 bits per heavy atom. The molecule has 24 heavy (non-hydrogen) atoms. The van der Waals surface area contributed by atoms with E-state index in [1.165, 1.54) is 0 Å². The molecular formula is C12H13N7O3S2. The first kappa shape index (κ1) is 16.6. The van der Waals surface area contributed by atoms with Crippen molar-refractivity contribution in [3.63, 3.8) is 0 Å². The van der Waals surface area contributed by atoms with Crippen LogP contribution in [0.15, 0.2) is 39.5 Å². The van der Waals surface area contributed by atoms with Gasteiger partial charge in [-0.1, -0.05) is 17.2 Å². The number of rotatable bonds is 5. The third kappa shape index (κ3) is 3.62. The number of thioether (sulfide) groups is 1. The standard InChI is InChI=1S/C12H13N7O3S2/c13-18-15-5-6-22-9-3-1-8(2-4-9)10-7-19-11(16-10)23-12(17-19)24(14,20)21/h1-4,10H,5-7H2,(H2,14,20,21). The quantitative estimate of drug-likeness (QED) is 0.361. The van der Waals surface area contributed by atoms with Crippen LogP contribution in [0.25, 0.3) is 10.4 Å². The van der Waals surface area contributed by atoms with E-state index in [0.29, 0.717) is 24.1 Å². The number of hydrogen-bond acceptors (Lipinski definition) is 8. The van der Waals surface area contributed by atoms with Crippen molar-refractivity contribution < 1.29 is 13.2 Å². The van der Waals surface area contributed by atoms with E-state index in [1.807, 2.05) is 12.1 Å². The summed E-state index contributed by atoms with van der Waals surface area (Å²) in [5, 5.41) is 14.5. The number of fused-ring (bicyclic) bond motifs is 1. The lowest BCUT2D eigenvalue weighted by molar-refractivity contribution is 0.328. The van der Waals surface area contributed by atoms with E-state index in [4.69, 9.17) is 15.4 Å². The molecule has 2 heterocycles. The molecule has 0 saturated heterocycles. The minimum Gasteiger partial charge on any atom is -0.493 e. The van der Waals surface area contributed by atoms with E-state index in [9.17, 15) is 8.42 Å². The second-order valence-corrected chi connectivity index (χ2v) is 7.59. The Labute approximate surface area is 142 Å². The maximum atomic E-state index is 11.3. The molecule has 1 atom stereocenters. The van der Waals surface area contributed by atoms with Crippen LogP contribution in [0.3, 0.4) is 0 Å². The molecule has 1 aromatic carbocycles. The molecule has 126 valence electrons. The number of amidine groups is 1. The Balaban J connectivity index is 1.62. The van der Waals surface area contributed by atoms with Crippen LogP contribution in [-0.4, -0.2) is 42.7 Å². The zero-order valence-electron chi connectivity index (χ0n) is 12.3. The molecule has 0 fully saturated rings. The number of hydrogen-bond donors (Lipinski definition) is 1. The molecule has 0 aromatic heterocycles. The van der Waals surface area contributed by atoms with Crippen molar-refractivity contribution in [2.75, 3.05) is 19.7 Å². The van der Waals surface area contributed by atoms with Crippen LogP contribution in [0.2, 0.25) is 0 Å². The third-order valence-corrected chi connectivity index (χ3v) is 5.52. The summed E-state index contributed by atoms with van der Waals surface area (Å²) in [7, 11) is -3.80. The molecule has 0 aliphatic carbocycles. The number of nitrogens with two attached hydrogens (primary N) is 1. The Bertz CT molecular complexity index is 844. The monoisotopic (exact) mass is 367 g/mol. The van der Waals surface area contributed by atoms with Gasteiger partial charge < -0.3 is 4.74 Å². The predicted molar refractivity (Wildman–Crippen MR) is 91.0 cm³/mol. The Hall–Kier alpha value is -2.27. The van der Waals surface area contributed by atoms with Gasteiger partial charge in [-0.3, -0.25) is 4.99 Å². The number of ether oxygens (including phenoxy) is 1. The highest BCUT2D eigenvalue weighted by atomic mass is 32.3. The summed E-state index contributed by atoms with van der Waals surface area (Å²) in [5.41, 5.74) is 9.15. The van der Waals surface area contributed by atoms with E-state index in [2.05, 4.69) is 20.1 Å². The summed E-state index contributed by atoms with van der Waals surface area (Å²) in [5.74, 6) is 0.668. The normalized spacial score (nSPS) is 19.4. The zero-order valence-corrected chi connectivity index (χ0v) is 13.9. The molecule has 1 aromatic rings. The summed E-state index contributed by atoms with van der Waals surface area (Å²) in [4.78, 5) is 7.12. The molecule has 0 amide bonds. The van der Waals surface area contributed by atoms with Crippen LogP contribution in [0.5, 0.6) is 5.75 Å². The summed E-state index contributed by atoms with van der Waals surface area (Å²) in [6, 6.07) is 7.25. The van der Waals surface area contributed by atoms with Crippen LogP contribution in [0, 0.1) is 0 Å². The topological polar surface area (TPSA) is 146 Å². The molecule has 10 nitrogen and oxygen atoms in total. The van der Waals surface area contributed by atoms with Crippen LogP contribution in [-0.2, 0) is 10.0 Å². The lowest BCUT2D eigenvalue weighted by atomic mass is 10.1. The van der Waals surface area contributed by atoms with Crippen molar-refractivity contribution in [3.8, 4) is 5.75 Å². The van der Waals surface area contributed by atoms with Gasteiger partial charge in [0.05, 0.1) is 25.7 Å². The predicted octanol–water partition coefficient (Wildman–Crippen LogP) is 1.39. The number of azide groups is 1. The van der Waals surface area contributed by atoms with E-state index in [-0.39, 0.29) is 17.0 Å². The fourth-order valence-electron chi connectivity index (χ4n) is 2.17. The van der Waals surface area contributed by atoms with E-state index >= 15 is 0 Å². The molecule has 2 N–H and O–H groups in total. The molecule has 0 bridgehead atoms. The molecule has 12 heteroatoms. The molecule has 1 unspecified atom stereocenters. The molecule has 0 radical (unpaired) electrons. The Morgan fingerprint density at radius 3 is 2.83 bits per heavy atom. The Kier molecular flexibility index (Phi) is 4.62. The molecule has 0 spiro atoms. The first-order valence-electron chi connectivity index (χ1n) is 6.85. The van der Waals surface area contributed by atoms with Gasteiger partial charge in [0.2, 0.25) is 4.38 Å². The van der Waals surface area contributed by atoms with Crippen molar-refractivity contribution >= 4 is 31.3 Å². The average molecular weight is 367 g/mol. The molecule has 2 aliphatic rings. The largest absolute Gasteiger partial charge is 0.493 e. The summed E-state index contributed by atoms with van der Waals surface area (Å²) >= 11 is 0.954. The van der Waals surface area contributed by atoms with Gasteiger partial charge in [0.15, 0.2) is 5.17 Å². The lowest BCUT2D eigenvalue weighted by Crippen LogP contribution is -2.20. The second kappa shape index (κ2) is 6.69. The van der Waals surface area contributed by atoms with Gasteiger partial charge in [0, 0.05) is 4.91 Å². The van der Waals surface area contributed by atoms with Gasteiger partial charge in [0.25, 0.3) is 10.0 Å². The van der Waals surface area contributed by atoms with Crippen molar-refractivity contribution in [1.82, 2.24) is 5.01 Å². The van der Waals surface area contributed by atoms with Crippen LogP contribution >= 0.6 is 11.8 Å². The van der Waals surface area contributed by atoms with Crippen LogP contribution in [0.4, 0.5) is 0 Å². The van der Waals surface area contributed by atoms with Crippen molar-refractivity contribution in [2.24, 2.45) is 20.3 Å². The molecule has 0 saturated carbocycles. The minimum atomic E-state index is -3.80. The van der Waals surface area contributed by atoms with Crippen molar-refractivity contribution in [3.05, 3.63) is 40.3 Å². The summed E-state index contributed by atoms with van der Waals surface area (Å²) in [6.07, 6.45) is 0. The molecule has 3 rings (SSSR count). The third-order valence-electron chi connectivity index (χ3n) is 3.25.